The smallest absolute Gasteiger partial charge is 0.311 e. The minimum absolute atomic E-state index is 0.122. The van der Waals surface area contributed by atoms with E-state index in [0.29, 0.717) is 34.4 Å². The number of thiazole rings is 1. The molecule has 0 fully saturated rings. The number of hydrogen-bond acceptors (Lipinski definition) is 8. The van der Waals surface area contributed by atoms with Gasteiger partial charge in [-0.15, -0.1) is 11.3 Å². The average Bonchev–Trinajstić information content (AvgIpc) is 3.21. The molecule has 0 saturated carbocycles. The Balaban J connectivity index is 1.53. The predicted molar refractivity (Wildman–Crippen MR) is 121 cm³/mol. The number of hydrogen-bond donors (Lipinski definition) is 2. The highest BCUT2D eigenvalue weighted by molar-refractivity contribution is 7.13. The van der Waals surface area contributed by atoms with Gasteiger partial charge in [-0.3, -0.25) is 15.0 Å². The Kier molecular flexibility index (Phi) is 8.13. The van der Waals surface area contributed by atoms with Crippen LogP contribution in [0.1, 0.15) is 18.2 Å². The Bertz CT molecular complexity index is 1040. The summed E-state index contributed by atoms with van der Waals surface area (Å²) in [6.07, 6.45) is 1.70. The van der Waals surface area contributed by atoms with Gasteiger partial charge in [-0.25, -0.2) is 4.98 Å². The van der Waals surface area contributed by atoms with Crippen molar-refractivity contribution in [2.24, 2.45) is 5.10 Å². The molecule has 31 heavy (non-hydrogen) atoms. The quantitative estimate of drug-likeness (QED) is 0.284. The Hall–Kier alpha value is -3.72. The van der Waals surface area contributed by atoms with Gasteiger partial charge in [0.2, 0.25) is 5.13 Å². The lowest BCUT2D eigenvalue weighted by molar-refractivity contribution is -0.142. The van der Waals surface area contributed by atoms with E-state index >= 15 is 0 Å². The average molecular weight is 439 g/mol. The number of carbonyl (C=O) groups is 2. The topological polar surface area (TPSA) is 102 Å². The molecule has 1 aromatic heterocycles. The number of para-hydroxylation sites is 2. The van der Waals surface area contributed by atoms with Gasteiger partial charge in [0.25, 0.3) is 5.91 Å². The third kappa shape index (κ3) is 7.23. The van der Waals surface area contributed by atoms with Crippen molar-refractivity contribution >= 4 is 40.2 Å². The zero-order chi connectivity index (χ0) is 21.9. The summed E-state index contributed by atoms with van der Waals surface area (Å²) in [6.45, 7) is 1.97. The van der Waals surface area contributed by atoms with E-state index in [1.165, 1.54) is 11.3 Å². The standard InChI is InChI=1S/C22H22N4O4S/c1-2-29-21(28)12-18-15-31-22(25-18)26-23-13-16-8-6-7-11-19(16)30-14-20(27)24-17-9-4-3-5-10-17/h3-11,13,15H,2,12,14H2,1H3,(H,24,27)(H,25,26). The maximum absolute atomic E-state index is 12.1. The van der Waals surface area contributed by atoms with Crippen LogP contribution in [-0.2, 0) is 20.7 Å². The van der Waals surface area contributed by atoms with Gasteiger partial charge in [0, 0.05) is 16.6 Å². The van der Waals surface area contributed by atoms with Crippen LogP contribution in [0, 0.1) is 0 Å². The van der Waals surface area contributed by atoms with Gasteiger partial charge < -0.3 is 14.8 Å². The fourth-order valence-electron chi connectivity index (χ4n) is 2.54. The van der Waals surface area contributed by atoms with Crippen LogP contribution in [0.5, 0.6) is 5.75 Å². The first-order valence-corrected chi connectivity index (χ1v) is 10.5. The lowest BCUT2D eigenvalue weighted by atomic mass is 10.2. The molecule has 0 aliphatic heterocycles. The zero-order valence-corrected chi connectivity index (χ0v) is 17.7. The lowest BCUT2D eigenvalue weighted by Gasteiger charge is -2.09. The molecule has 8 nitrogen and oxygen atoms in total. The van der Waals surface area contributed by atoms with Crippen molar-refractivity contribution in [2.75, 3.05) is 24.0 Å². The van der Waals surface area contributed by atoms with Gasteiger partial charge in [0.1, 0.15) is 5.75 Å². The van der Waals surface area contributed by atoms with Crippen LogP contribution in [0.25, 0.3) is 0 Å². The second kappa shape index (κ2) is 11.5. The second-order valence-corrected chi connectivity index (χ2v) is 7.09. The largest absolute Gasteiger partial charge is 0.483 e. The Morgan fingerprint density at radius 1 is 1.13 bits per heavy atom. The van der Waals surface area contributed by atoms with Gasteiger partial charge in [-0.1, -0.05) is 30.3 Å². The first kappa shape index (κ1) is 22.0. The highest BCUT2D eigenvalue weighted by atomic mass is 32.1. The van der Waals surface area contributed by atoms with Gasteiger partial charge in [-0.2, -0.15) is 5.10 Å². The molecule has 3 aromatic rings. The van der Waals surface area contributed by atoms with Gasteiger partial charge in [0.15, 0.2) is 6.61 Å². The van der Waals surface area contributed by atoms with Gasteiger partial charge >= 0.3 is 5.97 Å². The molecule has 1 amide bonds. The SMILES string of the molecule is CCOC(=O)Cc1csc(NN=Cc2ccccc2OCC(=O)Nc2ccccc2)n1. The molecule has 0 saturated heterocycles. The summed E-state index contributed by atoms with van der Waals surface area (Å²) in [7, 11) is 0. The molecule has 2 N–H and O–H groups in total. The van der Waals surface area contributed by atoms with Gasteiger partial charge in [-0.05, 0) is 31.2 Å². The third-order valence-electron chi connectivity index (χ3n) is 3.88. The molecule has 0 radical (unpaired) electrons. The van der Waals surface area contributed by atoms with E-state index in [-0.39, 0.29) is 24.9 Å². The Labute approximate surface area is 183 Å². The van der Waals surface area contributed by atoms with Crippen molar-refractivity contribution in [3.05, 3.63) is 71.2 Å². The number of nitrogens with one attached hydrogen (secondary N) is 2. The summed E-state index contributed by atoms with van der Waals surface area (Å²) >= 11 is 1.34. The van der Waals surface area contributed by atoms with E-state index in [4.69, 9.17) is 9.47 Å². The first-order chi connectivity index (χ1) is 15.1. The molecule has 0 atom stereocenters. The molecule has 2 aromatic carbocycles. The monoisotopic (exact) mass is 438 g/mol. The number of nitrogens with zero attached hydrogens (tertiary/aromatic N) is 2. The molecule has 0 aliphatic carbocycles. The van der Waals surface area contributed by atoms with Crippen LogP contribution < -0.4 is 15.5 Å². The van der Waals surface area contributed by atoms with E-state index < -0.39 is 0 Å². The normalized spacial score (nSPS) is 10.6. The van der Waals surface area contributed by atoms with Crippen molar-refractivity contribution in [1.29, 1.82) is 0 Å². The van der Waals surface area contributed by atoms with Crippen molar-refractivity contribution in [1.82, 2.24) is 4.98 Å². The number of rotatable bonds is 10. The lowest BCUT2D eigenvalue weighted by Crippen LogP contribution is -2.20. The van der Waals surface area contributed by atoms with E-state index in [9.17, 15) is 9.59 Å². The predicted octanol–water partition coefficient (Wildman–Crippen LogP) is 3.71. The minimum atomic E-state index is -0.315. The molecule has 3 rings (SSSR count). The van der Waals surface area contributed by atoms with Crippen LogP contribution in [0.3, 0.4) is 0 Å². The molecular formula is C22H22N4O4S. The Morgan fingerprint density at radius 3 is 2.71 bits per heavy atom. The molecule has 1 heterocycles. The van der Waals surface area contributed by atoms with Crippen LogP contribution in [0.15, 0.2) is 65.1 Å². The highest BCUT2D eigenvalue weighted by Gasteiger charge is 2.08. The van der Waals surface area contributed by atoms with Gasteiger partial charge in [0.05, 0.1) is 24.9 Å². The van der Waals surface area contributed by atoms with Crippen LogP contribution in [0.4, 0.5) is 10.8 Å². The van der Waals surface area contributed by atoms with Crippen LogP contribution in [0.2, 0.25) is 0 Å². The fourth-order valence-corrected chi connectivity index (χ4v) is 3.20. The van der Waals surface area contributed by atoms with Crippen molar-refractivity contribution < 1.29 is 19.1 Å². The van der Waals surface area contributed by atoms with Crippen molar-refractivity contribution in [3.63, 3.8) is 0 Å². The number of hydrazone groups is 1. The summed E-state index contributed by atoms with van der Waals surface area (Å²) < 4.78 is 10.6. The molecule has 0 unspecified atom stereocenters. The number of esters is 1. The maximum atomic E-state index is 12.1. The maximum Gasteiger partial charge on any atom is 0.311 e. The summed E-state index contributed by atoms with van der Waals surface area (Å²) in [5.41, 5.74) is 4.86. The highest BCUT2D eigenvalue weighted by Crippen LogP contribution is 2.18. The van der Waals surface area contributed by atoms with Crippen molar-refractivity contribution in [3.8, 4) is 5.75 Å². The summed E-state index contributed by atoms with van der Waals surface area (Å²) in [5.74, 6) is -0.0448. The molecule has 9 heteroatoms. The zero-order valence-electron chi connectivity index (χ0n) is 16.9. The van der Waals surface area contributed by atoms with E-state index in [0.717, 1.165) is 0 Å². The van der Waals surface area contributed by atoms with Crippen LogP contribution in [-0.4, -0.2) is 36.3 Å². The fraction of sp³-hybridized carbons (Fsp3) is 0.182. The Morgan fingerprint density at radius 2 is 1.90 bits per heavy atom. The van der Waals surface area contributed by atoms with E-state index in [1.54, 1.807) is 36.7 Å². The van der Waals surface area contributed by atoms with E-state index in [2.05, 4.69) is 20.8 Å². The van der Waals surface area contributed by atoms with Crippen LogP contribution >= 0.6 is 11.3 Å². The summed E-state index contributed by atoms with van der Waals surface area (Å²) in [6, 6.07) is 16.4. The molecular weight excluding hydrogens is 416 g/mol. The number of anilines is 2. The second-order valence-electron chi connectivity index (χ2n) is 6.24. The molecule has 0 bridgehead atoms. The number of amides is 1. The molecule has 0 spiro atoms. The minimum Gasteiger partial charge on any atom is -0.483 e. The summed E-state index contributed by atoms with van der Waals surface area (Å²) in [4.78, 5) is 27.9. The molecule has 160 valence electrons. The van der Waals surface area contributed by atoms with E-state index in [1.807, 2.05) is 36.4 Å². The third-order valence-corrected chi connectivity index (χ3v) is 4.68. The summed E-state index contributed by atoms with van der Waals surface area (Å²) in [5, 5.41) is 9.27. The molecule has 0 aliphatic rings. The first-order valence-electron chi connectivity index (χ1n) is 9.60. The number of ether oxygens (including phenoxy) is 2. The number of aromatic nitrogens is 1. The number of carbonyl (C=O) groups excluding carboxylic acids is 2. The van der Waals surface area contributed by atoms with Crippen molar-refractivity contribution in [2.45, 2.75) is 13.3 Å². The number of benzene rings is 2.